The predicted molar refractivity (Wildman–Crippen MR) is 92.2 cm³/mol. The minimum Gasteiger partial charge on any atom is -0.493 e. The van der Waals surface area contributed by atoms with Gasteiger partial charge in [-0.1, -0.05) is 19.9 Å². The standard InChI is InChI=1S/C17H24N2O2S/c1-11(2)10-21-15-7-6-14(8-16(15)20-5)13(4)19-17-18-9-12(3)22-17/h6-9,11,13H,10H2,1-5H3,(H,18,19). The Bertz CT molecular complexity index is 610. The Labute approximate surface area is 136 Å². The van der Waals surface area contributed by atoms with Gasteiger partial charge < -0.3 is 14.8 Å². The summed E-state index contributed by atoms with van der Waals surface area (Å²) < 4.78 is 11.2. The van der Waals surface area contributed by atoms with Gasteiger partial charge in [-0.2, -0.15) is 0 Å². The van der Waals surface area contributed by atoms with E-state index in [0.29, 0.717) is 12.5 Å². The molecule has 2 rings (SSSR count). The van der Waals surface area contributed by atoms with Gasteiger partial charge in [-0.15, -0.1) is 11.3 Å². The molecule has 0 saturated carbocycles. The van der Waals surface area contributed by atoms with Crippen LogP contribution < -0.4 is 14.8 Å². The molecule has 1 aromatic heterocycles. The van der Waals surface area contributed by atoms with Crippen LogP contribution in [0.15, 0.2) is 24.4 Å². The normalized spacial score (nSPS) is 12.3. The number of anilines is 1. The van der Waals surface area contributed by atoms with Crippen LogP contribution in [0.2, 0.25) is 0 Å². The molecular formula is C17H24N2O2S. The molecule has 2 aromatic rings. The largest absolute Gasteiger partial charge is 0.493 e. The molecule has 0 spiro atoms. The molecule has 1 unspecified atom stereocenters. The first-order chi connectivity index (χ1) is 10.5. The van der Waals surface area contributed by atoms with Crippen molar-refractivity contribution < 1.29 is 9.47 Å². The van der Waals surface area contributed by atoms with Gasteiger partial charge in [0.25, 0.3) is 0 Å². The fourth-order valence-electron chi connectivity index (χ4n) is 2.02. The van der Waals surface area contributed by atoms with Gasteiger partial charge in [0.15, 0.2) is 16.6 Å². The summed E-state index contributed by atoms with van der Waals surface area (Å²) in [5.41, 5.74) is 1.14. The predicted octanol–water partition coefficient (Wildman–Crippen LogP) is 4.67. The van der Waals surface area contributed by atoms with Crippen molar-refractivity contribution in [1.82, 2.24) is 4.98 Å². The maximum absolute atomic E-state index is 5.79. The first kappa shape index (κ1) is 16.6. The molecule has 0 amide bonds. The maximum atomic E-state index is 5.79. The van der Waals surface area contributed by atoms with Crippen LogP contribution in [0.4, 0.5) is 5.13 Å². The summed E-state index contributed by atoms with van der Waals surface area (Å²) in [4.78, 5) is 5.54. The number of thiazole rings is 1. The van der Waals surface area contributed by atoms with Crippen molar-refractivity contribution in [3.8, 4) is 11.5 Å². The number of hydrogen-bond donors (Lipinski definition) is 1. The Morgan fingerprint density at radius 3 is 2.59 bits per heavy atom. The van der Waals surface area contributed by atoms with Gasteiger partial charge in [0.1, 0.15) is 0 Å². The highest BCUT2D eigenvalue weighted by Crippen LogP contribution is 2.32. The van der Waals surface area contributed by atoms with Crippen LogP contribution in [-0.2, 0) is 0 Å². The number of methoxy groups -OCH3 is 1. The van der Waals surface area contributed by atoms with E-state index in [1.807, 2.05) is 18.3 Å². The molecule has 0 aliphatic carbocycles. The van der Waals surface area contributed by atoms with Gasteiger partial charge in [-0.3, -0.25) is 0 Å². The Hall–Kier alpha value is -1.75. The number of rotatable bonds is 7. The average Bonchev–Trinajstić information content (AvgIpc) is 2.89. The molecule has 0 fully saturated rings. The fourth-order valence-corrected chi connectivity index (χ4v) is 2.77. The summed E-state index contributed by atoms with van der Waals surface area (Å²) in [6.07, 6.45) is 1.88. The minimum atomic E-state index is 0.151. The average molecular weight is 320 g/mol. The molecular weight excluding hydrogens is 296 g/mol. The zero-order valence-corrected chi connectivity index (χ0v) is 14.7. The number of nitrogens with one attached hydrogen (secondary N) is 1. The molecule has 1 aromatic carbocycles. The molecule has 1 atom stereocenters. The van der Waals surface area contributed by atoms with Crippen LogP contribution in [0.1, 0.15) is 37.3 Å². The van der Waals surface area contributed by atoms with Crippen LogP contribution in [0.25, 0.3) is 0 Å². The molecule has 0 aliphatic heterocycles. The smallest absolute Gasteiger partial charge is 0.183 e. The van der Waals surface area contributed by atoms with E-state index in [1.165, 1.54) is 4.88 Å². The van der Waals surface area contributed by atoms with Crippen molar-refractivity contribution in [2.75, 3.05) is 19.0 Å². The first-order valence-electron chi connectivity index (χ1n) is 7.49. The third-order valence-corrected chi connectivity index (χ3v) is 4.07. The lowest BCUT2D eigenvalue weighted by molar-refractivity contribution is 0.256. The Morgan fingerprint density at radius 1 is 1.23 bits per heavy atom. The van der Waals surface area contributed by atoms with Gasteiger partial charge >= 0.3 is 0 Å². The van der Waals surface area contributed by atoms with E-state index in [0.717, 1.165) is 22.2 Å². The molecule has 0 saturated heterocycles. The summed E-state index contributed by atoms with van der Waals surface area (Å²) in [5.74, 6) is 2.04. The van der Waals surface area contributed by atoms with E-state index >= 15 is 0 Å². The summed E-state index contributed by atoms with van der Waals surface area (Å²) in [6.45, 7) is 9.10. The van der Waals surface area contributed by atoms with Crippen LogP contribution in [0.5, 0.6) is 11.5 Å². The molecule has 120 valence electrons. The number of ether oxygens (including phenoxy) is 2. The van der Waals surface area contributed by atoms with Crippen LogP contribution >= 0.6 is 11.3 Å². The first-order valence-corrected chi connectivity index (χ1v) is 8.31. The lowest BCUT2D eigenvalue weighted by Crippen LogP contribution is -2.08. The lowest BCUT2D eigenvalue weighted by Gasteiger charge is -2.17. The van der Waals surface area contributed by atoms with E-state index in [2.05, 4.69) is 44.1 Å². The molecule has 1 N–H and O–H groups in total. The van der Waals surface area contributed by atoms with E-state index in [-0.39, 0.29) is 6.04 Å². The van der Waals surface area contributed by atoms with Crippen molar-refractivity contribution in [3.63, 3.8) is 0 Å². The molecule has 0 bridgehead atoms. The van der Waals surface area contributed by atoms with Crippen molar-refractivity contribution in [1.29, 1.82) is 0 Å². The Kier molecular flexibility index (Phi) is 5.66. The highest BCUT2D eigenvalue weighted by molar-refractivity contribution is 7.15. The number of aryl methyl sites for hydroxylation is 1. The molecule has 0 radical (unpaired) electrons. The number of hydrogen-bond acceptors (Lipinski definition) is 5. The second kappa shape index (κ2) is 7.49. The molecule has 1 heterocycles. The van der Waals surface area contributed by atoms with Gasteiger partial charge in [-0.05, 0) is 37.5 Å². The van der Waals surface area contributed by atoms with Gasteiger partial charge in [-0.25, -0.2) is 4.98 Å². The lowest BCUT2D eigenvalue weighted by atomic mass is 10.1. The van der Waals surface area contributed by atoms with Crippen molar-refractivity contribution in [2.45, 2.75) is 33.7 Å². The topological polar surface area (TPSA) is 43.4 Å². The zero-order chi connectivity index (χ0) is 16.1. The summed E-state index contributed by atoms with van der Waals surface area (Å²) in [7, 11) is 1.67. The SMILES string of the molecule is COc1cc(C(C)Nc2ncc(C)s2)ccc1OCC(C)C. The van der Waals surface area contributed by atoms with E-state index in [4.69, 9.17) is 9.47 Å². The third kappa shape index (κ3) is 4.37. The number of benzene rings is 1. The van der Waals surface area contributed by atoms with Crippen molar-refractivity contribution in [3.05, 3.63) is 34.8 Å². The van der Waals surface area contributed by atoms with Crippen LogP contribution in [0.3, 0.4) is 0 Å². The van der Waals surface area contributed by atoms with Gasteiger partial charge in [0.2, 0.25) is 0 Å². The van der Waals surface area contributed by atoms with E-state index < -0.39 is 0 Å². The number of nitrogens with zero attached hydrogens (tertiary/aromatic N) is 1. The molecule has 22 heavy (non-hydrogen) atoms. The second-order valence-electron chi connectivity index (χ2n) is 5.76. The minimum absolute atomic E-state index is 0.151. The van der Waals surface area contributed by atoms with Gasteiger partial charge in [0, 0.05) is 11.1 Å². The number of aromatic nitrogens is 1. The van der Waals surface area contributed by atoms with Crippen LogP contribution in [0, 0.1) is 12.8 Å². The van der Waals surface area contributed by atoms with Crippen LogP contribution in [-0.4, -0.2) is 18.7 Å². The van der Waals surface area contributed by atoms with Crippen molar-refractivity contribution in [2.24, 2.45) is 5.92 Å². The highest BCUT2D eigenvalue weighted by atomic mass is 32.1. The van der Waals surface area contributed by atoms with E-state index in [9.17, 15) is 0 Å². The Morgan fingerprint density at radius 2 is 2.00 bits per heavy atom. The summed E-state index contributed by atoms with van der Waals surface area (Å²) in [5, 5.41) is 4.35. The fraction of sp³-hybridized carbons (Fsp3) is 0.471. The third-order valence-electron chi connectivity index (χ3n) is 3.22. The molecule has 5 heteroatoms. The summed E-state index contributed by atoms with van der Waals surface area (Å²) >= 11 is 1.66. The maximum Gasteiger partial charge on any atom is 0.183 e. The van der Waals surface area contributed by atoms with E-state index in [1.54, 1.807) is 18.4 Å². The second-order valence-corrected chi connectivity index (χ2v) is 6.99. The van der Waals surface area contributed by atoms with Crippen molar-refractivity contribution >= 4 is 16.5 Å². The quantitative estimate of drug-likeness (QED) is 0.805. The van der Waals surface area contributed by atoms with Gasteiger partial charge in [0.05, 0.1) is 19.8 Å². The Balaban J connectivity index is 2.10. The monoisotopic (exact) mass is 320 g/mol. The molecule has 0 aliphatic rings. The molecule has 4 nitrogen and oxygen atoms in total. The summed E-state index contributed by atoms with van der Waals surface area (Å²) in [6, 6.07) is 6.21. The highest BCUT2D eigenvalue weighted by Gasteiger charge is 2.12. The zero-order valence-electron chi connectivity index (χ0n) is 13.8.